The van der Waals surface area contributed by atoms with Crippen LogP contribution in [0.25, 0.3) is 6.08 Å². The molecule has 0 radical (unpaired) electrons. The van der Waals surface area contributed by atoms with E-state index >= 15 is 0 Å². The molecule has 0 unspecified atom stereocenters. The third kappa shape index (κ3) is 11.0. The van der Waals surface area contributed by atoms with Gasteiger partial charge in [-0.1, -0.05) is 55.8 Å². The van der Waals surface area contributed by atoms with Crippen LogP contribution >= 0.6 is 0 Å². The molecule has 17 nitrogen and oxygen atoms in total. The van der Waals surface area contributed by atoms with E-state index in [2.05, 4.69) is 13.0 Å². The third-order valence-electron chi connectivity index (χ3n) is 19.1. The molecule has 0 amide bonds. The summed E-state index contributed by atoms with van der Waals surface area (Å²) in [5.74, 6) is -0.632. The van der Waals surface area contributed by atoms with Crippen molar-refractivity contribution in [2.75, 3.05) is 21.3 Å². The molecule has 1 aromatic rings. The maximum Gasteiger partial charge on any atom is 0.331 e. The lowest BCUT2D eigenvalue weighted by molar-refractivity contribution is -0.346. The van der Waals surface area contributed by atoms with E-state index in [-0.39, 0.29) is 41.8 Å². The molecule has 8 aliphatic rings. The molecule has 1 aromatic carbocycles. The average Bonchev–Trinajstić information content (AvgIpc) is 3.66. The van der Waals surface area contributed by atoms with Gasteiger partial charge in [0.05, 0.1) is 66.6 Å². The Morgan fingerprint density at radius 3 is 1.85 bits per heavy atom. The Kier molecular flexibility index (Phi) is 17.6. The van der Waals surface area contributed by atoms with Gasteiger partial charge < -0.3 is 77.3 Å². The molecular formula is C57H86O17. The van der Waals surface area contributed by atoms with E-state index in [4.69, 9.17) is 56.8 Å². The number of carbonyl (C=O) groups is 1. The number of ether oxygens (including phenoxy) is 12. The maximum atomic E-state index is 13.6. The molecule has 9 rings (SSSR count). The third-order valence-corrected chi connectivity index (χ3v) is 19.1. The molecule has 4 N–H and O–H groups in total. The lowest BCUT2D eigenvalue weighted by Crippen LogP contribution is -2.67. The van der Waals surface area contributed by atoms with Crippen molar-refractivity contribution in [3.05, 3.63) is 53.6 Å². The van der Waals surface area contributed by atoms with Gasteiger partial charge in [-0.15, -0.1) is 0 Å². The number of rotatable bonds is 15. The number of allylic oxidation sites excluding steroid dienone is 1. The molecule has 0 aromatic heterocycles. The summed E-state index contributed by atoms with van der Waals surface area (Å²) < 4.78 is 75.3. The summed E-state index contributed by atoms with van der Waals surface area (Å²) in [6.07, 6.45) is 1.42. The Bertz CT molecular complexity index is 2080. The first kappa shape index (κ1) is 56.3. The second kappa shape index (κ2) is 23.1. The average molecular weight is 1040 g/mol. The smallest absolute Gasteiger partial charge is 0.331 e. The summed E-state index contributed by atoms with van der Waals surface area (Å²) in [5.41, 5.74) is 0.0358. The summed E-state index contributed by atoms with van der Waals surface area (Å²) in [5, 5.41) is 45.7. The fourth-order valence-corrected chi connectivity index (χ4v) is 15.0. The van der Waals surface area contributed by atoms with Crippen LogP contribution in [-0.2, 0) is 61.6 Å². The Morgan fingerprint density at radius 2 is 1.26 bits per heavy atom. The lowest BCUT2D eigenvalue weighted by atomic mass is 9.44. The zero-order chi connectivity index (χ0) is 52.9. The van der Waals surface area contributed by atoms with Crippen molar-refractivity contribution in [2.24, 2.45) is 28.6 Å². The van der Waals surface area contributed by atoms with Gasteiger partial charge in [0.15, 0.2) is 25.2 Å². The van der Waals surface area contributed by atoms with Gasteiger partial charge in [-0.25, -0.2) is 4.79 Å². The van der Waals surface area contributed by atoms with Crippen molar-refractivity contribution >= 4 is 12.0 Å². The number of carbonyl (C=O) groups excluding carboxylic acids is 1. The van der Waals surface area contributed by atoms with E-state index in [0.29, 0.717) is 44.9 Å². The topological polar surface area (TPSA) is 209 Å². The molecule has 25 atom stereocenters. The van der Waals surface area contributed by atoms with Gasteiger partial charge in [-0.05, 0) is 114 Å². The first-order valence-corrected chi connectivity index (χ1v) is 27.5. The number of hydrogen-bond acceptors (Lipinski definition) is 17. The molecule has 4 aliphatic carbocycles. The SMILES string of the molecule is CO[C@H]1C[C@H](O[C@H]2CC[C@@]3(C)C(=CC[C@@H]4[C@@H]3C[C@@H](OC(=O)/C=C/c3ccccc3)[C@]3(C)[C@H]([C@H](C)O)CC[C@]43O)C2)O[C@H](C)[C@H]1O[C@H]1C[C@H](OC)[C@H](O[C@H]2C[C@@H](O)[C@H](O[C@H]3C[C@@H](OC)[C@H](O)[C@@H](C)O3)[C@@H](C)O2)[C@@H](C)O1. The largest absolute Gasteiger partial charge is 0.458 e. The molecule has 4 heterocycles. The van der Waals surface area contributed by atoms with Crippen molar-refractivity contribution in [1.29, 1.82) is 0 Å². The molecular weight excluding hydrogens is 957 g/mol. The van der Waals surface area contributed by atoms with Crippen LogP contribution in [0.1, 0.15) is 125 Å². The molecule has 74 heavy (non-hydrogen) atoms. The number of aliphatic hydroxyl groups is 4. The molecule has 17 heteroatoms. The van der Waals surface area contributed by atoms with Crippen molar-refractivity contribution in [2.45, 2.75) is 241 Å². The second-order valence-electron chi connectivity index (χ2n) is 23.3. The number of esters is 1. The van der Waals surface area contributed by atoms with Crippen molar-refractivity contribution < 1.29 is 82.1 Å². The maximum absolute atomic E-state index is 13.6. The van der Waals surface area contributed by atoms with E-state index < -0.39 is 121 Å². The van der Waals surface area contributed by atoms with Crippen LogP contribution in [0.15, 0.2) is 48.1 Å². The Labute approximate surface area is 437 Å². The first-order valence-electron chi connectivity index (χ1n) is 27.5. The Hall–Kier alpha value is -2.43. The summed E-state index contributed by atoms with van der Waals surface area (Å²) >= 11 is 0. The Balaban J connectivity index is 0.787. The normalized spacial score (nSPS) is 48.0. The first-order chi connectivity index (χ1) is 35.3. The van der Waals surface area contributed by atoms with Crippen LogP contribution in [0.3, 0.4) is 0 Å². The van der Waals surface area contributed by atoms with Crippen LogP contribution in [0, 0.1) is 28.6 Å². The van der Waals surface area contributed by atoms with Crippen molar-refractivity contribution in [3.63, 3.8) is 0 Å². The van der Waals surface area contributed by atoms with E-state index in [9.17, 15) is 25.2 Å². The van der Waals surface area contributed by atoms with Gasteiger partial charge in [-0.3, -0.25) is 0 Å². The highest BCUT2D eigenvalue weighted by Crippen LogP contribution is 2.69. The molecule has 4 saturated heterocycles. The quantitative estimate of drug-likeness (QED) is 0.0883. The number of benzene rings is 1. The molecule has 3 saturated carbocycles. The lowest BCUT2D eigenvalue weighted by Gasteiger charge is -2.63. The Morgan fingerprint density at radius 1 is 0.703 bits per heavy atom. The predicted molar refractivity (Wildman–Crippen MR) is 269 cm³/mol. The number of aliphatic hydroxyl groups excluding tert-OH is 3. The number of fused-ring (bicyclic) bond motifs is 5. The highest BCUT2D eigenvalue weighted by molar-refractivity contribution is 5.87. The van der Waals surface area contributed by atoms with E-state index in [0.717, 1.165) is 24.8 Å². The monoisotopic (exact) mass is 1040 g/mol. The zero-order valence-corrected chi connectivity index (χ0v) is 45.2. The zero-order valence-electron chi connectivity index (χ0n) is 45.2. The molecule has 7 fully saturated rings. The summed E-state index contributed by atoms with van der Waals surface area (Å²) in [7, 11) is 4.85. The fraction of sp³-hybridized carbons (Fsp3) is 0.807. The minimum atomic E-state index is -1.12. The molecule has 4 aliphatic heterocycles. The minimum absolute atomic E-state index is 0.0413. The molecule has 416 valence electrons. The van der Waals surface area contributed by atoms with Crippen LogP contribution in [0.2, 0.25) is 0 Å². The van der Waals surface area contributed by atoms with Gasteiger partial charge in [0.2, 0.25) is 0 Å². The van der Waals surface area contributed by atoms with E-state index in [1.165, 1.54) is 11.6 Å². The van der Waals surface area contributed by atoms with Crippen LogP contribution < -0.4 is 0 Å². The number of hydrogen-bond donors (Lipinski definition) is 4. The van der Waals surface area contributed by atoms with E-state index in [1.54, 1.807) is 41.3 Å². The van der Waals surface area contributed by atoms with Crippen LogP contribution in [0.4, 0.5) is 0 Å². The predicted octanol–water partition coefficient (Wildman–Crippen LogP) is 6.14. The second-order valence-corrected chi connectivity index (χ2v) is 23.3. The molecule has 0 bridgehead atoms. The number of methoxy groups -OCH3 is 3. The van der Waals surface area contributed by atoms with Gasteiger partial charge in [0.25, 0.3) is 0 Å². The van der Waals surface area contributed by atoms with Gasteiger partial charge in [0.1, 0.15) is 30.5 Å². The highest BCUT2D eigenvalue weighted by atomic mass is 16.8. The van der Waals surface area contributed by atoms with Crippen LogP contribution in [-0.4, -0.2) is 170 Å². The van der Waals surface area contributed by atoms with E-state index in [1.807, 2.05) is 58.0 Å². The summed E-state index contributed by atoms with van der Waals surface area (Å²) in [4.78, 5) is 13.6. The van der Waals surface area contributed by atoms with Gasteiger partial charge in [-0.2, -0.15) is 0 Å². The minimum Gasteiger partial charge on any atom is -0.458 e. The standard InChI is InChI=1S/C57H86O17/c1-30(58)38-21-23-57(62)39-18-17-36-24-37(20-22-55(36,6)40(39)25-45(56(38,57)7)71-46(60)19-16-35-14-12-11-13-15-35)70-48-28-43(64-9)54(33(4)68-48)74-50-29-44(65-10)53(34(5)69-50)73-47-26-41(59)52(32(3)67-47)72-49-27-42(63-8)51(61)31(2)66-49/h11-17,19,30-34,37-45,47-54,58-59,61-62H,18,20-29H2,1-10H3/b19-16+/t30-,31+,32+,33+,34+,37-,38-,39+,40-,41+,42+,43-,44-,45+,47-,48-,49-,50-,51+,52+,53+,54+,55-,56-,57-/m0/s1. The van der Waals surface area contributed by atoms with Gasteiger partial charge in [0, 0.05) is 58.5 Å². The van der Waals surface area contributed by atoms with Crippen molar-refractivity contribution in [3.8, 4) is 0 Å². The summed E-state index contributed by atoms with van der Waals surface area (Å²) in [6, 6.07) is 9.65. The summed E-state index contributed by atoms with van der Waals surface area (Å²) in [6.45, 7) is 13.6. The van der Waals surface area contributed by atoms with Crippen LogP contribution in [0.5, 0.6) is 0 Å². The fourth-order valence-electron chi connectivity index (χ4n) is 15.0. The highest BCUT2D eigenvalue weighted by Gasteiger charge is 2.71. The van der Waals surface area contributed by atoms with Crippen molar-refractivity contribution in [1.82, 2.24) is 0 Å². The molecule has 0 spiro atoms. The van der Waals surface area contributed by atoms with Gasteiger partial charge >= 0.3 is 5.97 Å².